The van der Waals surface area contributed by atoms with Gasteiger partial charge in [0.25, 0.3) is 0 Å². The highest BCUT2D eigenvalue weighted by Gasteiger charge is 2.09. The topological polar surface area (TPSA) is 12.0 Å². The molecule has 0 amide bonds. The second-order valence-corrected chi connectivity index (χ2v) is 3.64. The lowest BCUT2D eigenvalue weighted by molar-refractivity contribution is 0.534. The first-order valence-corrected chi connectivity index (χ1v) is 5.12. The molecular formula is C12H18FN. The van der Waals surface area contributed by atoms with Gasteiger partial charge in [0.2, 0.25) is 0 Å². The monoisotopic (exact) mass is 195 g/mol. The van der Waals surface area contributed by atoms with Gasteiger partial charge in [0.15, 0.2) is 0 Å². The number of halogens is 1. The van der Waals surface area contributed by atoms with Gasteiger partial charge < -0.3 is 5.32 Å². The third-order valence-electron chi connectivity index (χ3n) is 2.52. The molecule has 1 N–H and O–H groups in total. The van der Waals surface area contributed by atoms with E-state index in [2.05, 4.69) is 12.2 Å². The minimum Gasteiger partial charge on any atom is -0.313 e. The van der Waals surface area contributed by atoms with Gasteiger partial charge in [-0.1, -0.05) is 25.5 Å². The van der Waals surface area contributed by atoms with Crippen LogP contribution in [0.5, 0.6) is 0 Å². The van der Waals surface area contributed by atoms with Gasteiger partial charge in [-0.05, 0) is 37.6 Å². The Kier molecular flexibility index (Phi) is 4.08. The third-order valence-corrected chi connectivity index (χ3v) is 2.52. The molecule has 1 aromatic rings. The van der Waals surface area contributed by atoms with Gasteiger partial charge in [-0.25, -0.2) is 4.39 Å². The van der Waals surface area contributed by atoms with Crippen LogP contribution in [-0.2, 0) is 0 Å². The van der Waals surface area contributed by atoms with Crippen molar-refractivity contribution in [3.05, 3.63) is 35.1 Å². The summed E-state index contributed by atoms with van der Waals surface area (Å²) in [5.41, 5.74) is 1.75. The van der Waals surface area contributed by atoms with Crippen LogP contribution < -0.4 is 5.32 Å². The van der Waals surface area contributed by atoms with Crippen LogP contribution in [0.25, 0.3) is 0 Å². The molecule has 1 nitrogen and oxygen atoms in total. The molecule has 1 aromatic carbocycles. The van der Waals surface area contributed by atoms with Crippen LogP contribution in [0.4, 0.5) is 4.39 Å². The predicted octanol–water partition coefficient (Wildman–Crippen LogP) is 3.19. The zero-order valence-corrected chi connectivity index (χ0v) is 9.10. The highest BCUT2D eigenvalue weighted by atomic mass is 19.1. The molecule has 0 heterocycles. The van der Waals surface area contributed by atoms with Gasteiger partial charge in [-0.3, -0.25) is 0 Å². The lowest BCUT2D eigenvalue weighted by Gasteiger charge is -2.16. The Labute approximate surface area is 85.3 Å². The second kappa shape index (κ2) is 5.11. The maximum atomic E-state index is 13.3. The number of aryl methyl sites for hydroxylation is 1. The lowest BCUT2D eigenvalue weighted by atomic mass is 10.0. The summed E-state index contributed by atoms with van der Waals surface area (Å²) >= 11 is 0. The number of hydrogen-bond donors (Lipinski definition) is 1. The van der Waals surface area contributed by atoms with Crippen molar-refractivity contribution in [3.8, 4) is 0 Å². The van der Waals surface area contributed by atoms with E-state index in [0.717, 1.165) is 18.4 Å². The Morgan fingerprint density at radius 1 is 1.43 bits per heavy atom. The Hall–Kier alpha value is -0.890. The molecule has 1 rings (SSSR count). The van der Waals surface area contributed by atoms with E-state index in [4.69, 9.17) is 0 Å². The standard InChI is InChI=1S/C12H18FN/c1-4-5-12(14-3)10-7-6-9(2)11(13)8-10/h6-8,12,14H,4-5H2,1-3H3. The van der Waals surface area contributed by atoms with E-state index in [-0.39, 0.29) is 11.9 Å². The van der Waals surface area contributed by atoms with E-state index in [0.29, 0.717) is 5.56 Å². The Bertz CT molecular complexity index is 296. The van der Waals surface area contributed by atoms with E-state index in [1.807, 2.05) is 19.2 Å². The summed E-state index contributed by atoms with van der Waals surface area (Å²) in [6.45, 7) is 3.92. The highest BCUT2D eigenvalue weighted by Crippen LogP contribution is 2.20. The number of rotatable bonds is 4. The third kappa shape index (κ3) is 2.55. The molecule has 78 valence electrons. The van der Waals surface area contributed by atoms with Gasteiger partial charge in [-0.15, -0.1) is 0 Å². The van der Waals surface area contributed by atoms with Gasteiger partial charge in [0.1, 0.15) is 5.82 Å². The average Bonchev–Trinajstić information content (AvgIpc) is 2.19. The van der Waals surface area contributed by atoms with Crippen LogP contribution in [0, 0.1) is 12.7 Å². The summed E-state index contributed by atoms with van der Waals surface area (Å²) in [5, 5.41) is 3.20. The van der Waals surface area contributed by atoms with Gasteiger partial charge in [-0.2, -0.15) is 0 Å². The quantitative estimate of drug-likeness (QED) is 0.778. The van der Waals surface area contributed by atoms with Crippen molar-refractivity contribution in [1.29, 1.82) is 0 Å². The van der Waals surface area contributed by atoms with E-state index < -0.39 is 0 Å². The first-order valence-electron chi connectivity index (χ1n) is 5.12. The smallest absolute Gasteiger partial charge is 0.126 e. The molecule has 0 aliphatic heterocycles. The van der Waals surface area contributed by atoms with Crippen molar-refractivity contribution in [1.82, 2.24) is 5.32 Å². The van der Waals surface area contributed by atoms with Gasteiger partial charge in [0.05, 0.1) is 0 Å². The van der Waals surface area contributed by atoms with Crippen molar-refractivity contribution in [2.45, 2.75) is 32.7 Å². The summed E-state index contributed by atoms with van der Waals surface area (Å²) in [6, 6.07) is 5.74. The maximum absolute atomic E-state index is 13.3. The van der Waals surface area contributed by atoms with Crippen LogP contribution in [0.3, 0.4) is 0 Å². The van der Waals surface area contributed by atoms with E-state index in [1.165, 1.54) is 0 Å². The van der Waals surface area contributed by atoms with E-state index >= 15 is 0 Å². The summed E-state index contributed by atoms with van der Waals surface area (Å²) in [6.07, 6.45) is 2.14. The lowest BCUT2D eigenvalue weighted by Crippen LogP contribution is -2.16. The zero-order chi connectivity index (χ0) is 10.6. The van der Waals surface area contributed by atoms with Crippen molar-refractivity contribution in [2.24, 2.45) is 0 Å². The highest BCUT2D eigenvalue weighted by molar-refractivity contribution is 5.25. The van der Waals surface area contributed by atoms with Crippen molar-refractivity contribution >= 4 is 0 Å². The van der Waals surface area contributed by atoms with E-state index in [9.17, 15) is 4.39 Å². The maximum Gasteiger partial charge on any atom is 0.126 e. The van der Waals surface area contributed by atoms with Crippen molar-refractivity contribution < 1.29 is 4.39 Å². The Morgan fingerprint density at radius 2 is 2.14 bits per heavy atom. The van der Waals surface area contributed by atoms with Crippen LogP contribution in [0.15, 0.2) is 18.2 Å². The van der Waals surface area contributed by atoms with Crippen LogP contribution in [0.1, 0.15) is 36.9 Å². The molecule has 2 heteroatoms. The van der Waals surface area contributed by atoms with Crippen LogP contribution in [-0.4, -0.2) is 7.05 Å². The number of benzene rings is 1. The largest absolute Gasteiger partial charge is 0.313 e. The molecule has 0 aliphatic carbocycles. The molecule has 0 saturated carbocycles. The molecule has 0 aliphatic rings. The summed E-state index contributed by atoms with van der Waals surface area (Å²) in [4.78, 5) is 0. The normalized spacial score (nSPS) is 12.9. The Balaban J connectivity index is 2.88. The number of hydrogen-bond acceptors (Lipinski definition) is 1. The predicted molar refractivity (Wildman–Crippen MR) is 57.8 cm³/mol. The zero-order valence-electron chi connectivity index (χ0n) is 9.10. The van der Waals surface area contributed by atoms with Crippen LogP contribution in [0.2, 0.25) is 0 Å². The van der Waals surface area contributed by atoms with Crippen molar-refractivity contribution in [2.75, 3.05) is 7.05 Å². The first-order chi connectivity index (χ1) is 6.69. The molecule has 0 aromatic heterocycles. The van der Waals surface area contributed by atoms with E-state index in [1.54, 1.807) is 13.0 Å². The molecule has 0 bridgehead atoms. The van der Waals surface area contributed by atoms with Gasteiger partial charge in [0, 0.05) is 6.04 Å². The number of nitrogens with one attached hydrogen (secondary N) is 1. The minimum atomic E-state index is -0.112. The molecule has 0 fully saturated rings. The summed E-state index contributed by atoms with van der Waals surface area (Å²) in [7, 11) is 1.91. The SMILES string of the molecule is CCCC(NC)c1ccc(C)c(F)c1. The van der Waals surface area contributed by atoms with Crippen LogP contribution >= 0.6 is 0 Å². The molecule has 1 unspecified atom stereocenters. The minimum absolute atomic E-state index is 0.112. The van der Waals surface area contributed by atoms with Gasteiger partial charge >= 0.3 is 0 Å². The molecule has 14 heavy (non-hydrogen) atoms. The second-order valence-electron chi connectivity index (χ2n) is 3.64. The molecule has 0 radical (unpaired) electrons. The first kappa shape index (κ1) is 11.2. The average molecular weight is 195 g/mol. The fourth-order valence-corrected chi connectivity index (χ4v) is 1.59. The molecule has 1 atom stereocenters. The molecule has 0 saturated heterocycles. The fraction of sp³-hybridized carbons (Fsp3) is 0.500. The summed E-state index contributed by atoms with van der Waals surface area (Å²) in [5.74, 6) is -0.112. The fourth-order valence-electron chi connectivity index (χ4n) is 1.59. The summed E-state index contributed by atoms with van der Waals surface area (Å²) < 4.78 is 13.3. The molecule has 0 spiro atoms. The Morgan fingerprint density at radius 3 is 2.64 bits per heavy atom. The van der Waals surface area contributed by atoms with Crippen molar-refractivity contribution in [3.63, 3.8) is 0 Å². The molecular weight excluding hydrogens is 177 g/mol.